The number of piperidine rings is 1. The lowest BCUT2D eigenvalue weighted by Gasteiger charge is -2.33. The first-order valence-electron chi connectivity index (χ1n) is 6.55. The predicted molar refractivity (Wildman–Crippen MR) is 83.4 cm³/mol. The van der Waals surface area contributed by atoms with E-state index in [4.69, 9.17) is 5.73 Å². The van der Waals surface area contributed by atoms with Crippen LogP contribution in [-0.2, 0) is 9.59 Å². The molecule has 1 aliphatic heterocycles. The minimum atomic E-state index is -0.431. The number of carbonyl (C=O) groups is 2. The Morgan fingerprint density at radius 2 is 2.20 bits per heavy atom. The van der Waals surface area contributed by atoms with Crippen LogP contribution in [-0.4, -0.2) is 35.1 Å². The molecule has 6 heteroatoms. The van der Waals surface area contributed by atoms with Crippen molar-refractivity contribution in [2.24, 2.45) is 5.73 Å². The molecule has 20 heavy (non-hydrogen) atoms. The molecule has 0 aliphatic carbocycles. The second-order valence-corrected chi connectivity index (χ2v) is 6.71. The highest BCUT2D eigenvalue weighted by atomic mass is 79.9. The van der Waals surface area contributed by atoms with E-state index in [1.165, 1.54) is 11.8 Å². The van der Waals surface area contributed by atoms with Crippen molar-refractivity contribution in [1.29, 1.82) is 0 Å². The van der Waals surface area contributed by atoms with Crippen molar-refractivity contribution in [3.05, 3.63) is 28.7 Å². The van der Waals surface area contributed by atoms with E-state index in [0.717, 1.165) is 22.2 Å². The predicted octanol–water partition coefficient (Wildman–Crippen LogP) is 2.41. The minimum Gasteiger partial charge on any atom is -0.368 e. The van der Waals surface area contributed by atoms with Gasteiger partial charge in [-0.1, -0.05) is 22.0 Å². The average molecular weight is 357 g/mol. The minimum absolute atomic E-state index is 0.0153. The van der Waals surface area contributed by atoms with E-state index in [1.807, 2.05) is 24.3 Å². The number of primary amides is 1. The molecule has 1 aromatic rings. The van der Waals surface area contributed by atoms with E-state index >= 15 is 0 Å². The number of nitrogens with zero attached hydrogens (tertiary/aromatic N) is 1. The number of likely N-dealkylation sites (tertiary alicyclic amines) is 1. The van der Waals surface area contributed by atoms with Crippen LogP contribution >= 0.6 is 27.7 Å². The molecule has 4 nitrogen and oxygen atoms in total. The van der Waals surface area contributed by atoms with Gasteiger partial charge in [0.2, 0.25) is 11.8 Å². The van der Waals surface area contributed by atoms with Gasteiger partial charge >= 0.3 is 0 Å². The molecule has 1 atom stereocenters. The molecule has 0 saturated carbocycles. The number of rotatable bonds is 4. The Morgan fingerprint density at radius 3 is 2.90 bits per heavy atom. The molecule has 1 aromatic carbocycles. The summed E-state index contributed by atoms with van der Waals surface area (Å²) in [6.07, 6.45) is 2.58. The molecule has 0 spiro atoms. The Morgan fingerprint density at radius 1 is 1.40 bits per heavy atom. The van der Waals surface area contributed by atoms with Crippen LogP contribution in [0.3, 0.4) is 0 Å². The Balaban J connectivity index is 1.95. The van der Waals surface area contributed by atoms with Gasteiger partial charge in [0.15, 0.2) is 0 Å². The topological polar surface area (TPSA) is 63.4 Å². The summed E-state index contributed by atoms with van der Waals surface area (Å²) in [5.74, 6) is -0.0794. The van der Waals surface area contributed by atoms with Gasteiger partial charge in [0.1, 0.15) is 6.04 Å². The lowest BCUT2D eigenvalue weighted by molar-refractivity contribution is -0.138. The van der Waals surface area contributed by atoms with E-state index < -0.39 is 11.9 Å². The number of benzene rings is 1. The zero-order chi connectivity index (χ0) is 14.5. The third-order valence-electron chi connectivity index (χ3n) is 3.31. The van der Waals surface area contributed by atoms with Gasteiger partial charge in [-0.3, -0.25) is 9.59 Å². The Hall–Kier alpha value is -1.01. The zero-order valence-electron chi connectivity index (χ0n) is 11.0. The van der Waals surface area contributed by atoms with Gasteiger partial charge in [0.25, 0.3) is 0 Å². The number of hydrogen-bond donors (Lipinski definition) is 1. The fourth-order valence-electron chi connectivity index (χ4n) is 2.31. The van der Waals surface area contributed by atoms with E-state index in [1.54, 1.807) is 4.90 Å². The second kappa shape index (κ2) is 7.13. The van der Waals surface area contributed by atoms with Crippen LogP contribution < -0.4 is 5.73 Å². The number of thioether (sulfide) groups is 1. The fraction of sp³-hybridized carbons (Fsp3) is 0.429. The molecule has 2 amide bonds. The van der Waals surface area contributed by atoms with Gasteiger partial charge in [0, 0.05) is 15.9 Å². The molecule has 2 rings (SSSR count). The fourth-order valence-corrected chi connectivity index (χ4v) is 3.70. The van der Waals surface area contributed by atoms with Crippen LogP contribution in [0.1, 0.15) is 19.3 Å². The number of nitrogens with two attached hydrogens (primary N) is 1. The standard InChI is InChI=1S/C14H17BrN2O2S/c15-10-4-3-5-11(8-10)20-9-13(18)17-7-2-1-6-12(17)14(16)19/h3-5,8,12H,1-2,6-7,9H2,(H2,16,19)/t12-/m1/s1. The van der Waals surface area contributed by atoms with E-state index in [0.29, 0.717) is 18.7 Å². The van der Waals surface area contributed by atoms with Gasteiger partial charge in [-0.05, 0) is 37.5 Å². The third kappa shape index (κ3) is 3.99. The molecule has 1 heterocycles. The van der Waals surface area contributed by atoms with Crippen LogP contribution in [0.15, 0.2) is 33.6 Å². The number of halogens is 1. The van der Waals surface area contributed by atoms with E-state index in [9.17, 15) is 9.59 Å². The molecule has 0 unspecified atom stereocenters. The summed E-state index contributed by atoms with van der Waals surface area (Å²) in [5.41, 5.74) is 5.38. The summed E-state index contributed by atoms with van der Waals surface area (Å²) in [7, 11) is 0. The molecule has 2 N–H and O–H groups in total. The van der Waals surface area contributed by atoms with E-state index in [2.05, 4.69) is 15.9 Å². The van der Waals surface area contributed by atoms with Crippen LogP contribution in [0.5, 0.6) is 0 Å². The van der Waals surface area contributed by atoms with Crippen molar-refractivity contribution < 1.29 is 9.59 Å². The van der Waals surface area contributed by atoms with Crippen molar-refractivity contribution in [2.75, 3.05) is 12.3 Å². The highest BCUT2D eigenvalue weighted by Gasteiger charge is 2.30. The molecular formula is C14H17BrN2O2S. The zero-order valence-corrected chi connectivity index (χ0v) is 13.5. The average Bonchev–Trinajstić information content (AvgIpc) is 2.45. The largest absolute Gasteiger partial charge is 0.368 e. The molecule has 108 valence electrons. The molecule has 0 bridgehead atoms. The molecule has 0 radical (unpaired) electrons. The summed E-state index contributed by atoms with van der Waals surface area (Å²) < 4.78 is 0.989. The number of amides is 2. The molecule has 0 aromatic heterocycles. The van der Waals surface area contributed by atoms with Gasteiger partial charge in [0.05, 0.1) is 5.75 Å². The summed E-state index contributed by atoms with van der Waals surface area (Å²) >= 11 is 4.88. The van der Waals surface area contributed by atoms with E-state index in [-0.39, 0.29) is 5.91 Å². The summed E-state index contributed by atoms with van der Waals surface area (Å²) in [4.78, 5) is 26.3. The van der Waals surface area contributed by atoms with Crippen molar-refractivity contribution in [3.63, 3.8) is 0 Å². The van der Waals surface area contributed by atoms with Crippen molar-refractivity contribution in [3.8, 4) is 0 Å². The second-order valence-electron chi connectivity index (χ2n) is 4.75. The Bertz CT molecular complexity index is 510. The van der Waals surface area contributed by atoms with Crippen LogP contribution in [0, 0.1) is 0 Å². The van der Waals surface area contributed by atoms with Crippen LogP contribution in [0.2, 0.25) is 0 Å². The van der Waals surface area contributed by atoms with Gasteiger partial charge in [-0.15, -0.1) is 11.8 Å². The van der Waals surface area contributed by atoms with Crippen LogP contribution in [0.4, 0.5) is 0 Å². The van der Waals surface area contributed by atoms with Crippen LogP contribution in [0.25, 0.3) is 0 Å². The van der Waals surface area contributed by atoms with Gasteiger partial charge < -0.3 is 10.6 Å². The monoisotopic (exact) mass is 356 g/mol. The lowest BCUT2D eigenvalue weighted by Crippen LogP contribution is -2.51. The molecule has 1 fully saturated rings. The SMILES string of the molecule is NC(=O)[C@H]1CCCCN1C(=O)CSc1cccc(Br)c1. The highest BCUT2D eigenvalue weighted by molar-refractivity contribution is 9.10. The number of carbonyl (C=O) groups excluding carboxylic acids is 2. The summed E-state index contributed by atoms with van der Waals surface area (Å²) in [5, 5.41) is 0. The Kier molecular flexibility index (Phi) is 5.48. The van der Waals surface area contributed by atoms with Gasteiger partial charge in [-0.2, -0.15) is 0 Å². The first kappa shape index (κ1) is 15.4. The molecular weight excluding hydrogens is 340 g/mol. The van der Waals surface area contributed by atoms with Crippen molar-refractivity contribution in [2.45, 2.75) is 30.2 Å². The van der Waals surface area contributed by atoms with Crippen molar-refractivity contribution in [1.82, 2.24) is 4.90 Å². The lowest BCUT2D eigenvalue weighted by atomic mass is 10.0. The first-order chi connectivity index (χ1) is 9.58. The first-order valence-corrected chi connectivity index (χ1v) is 8.33. The molecule has 1 aliphatic rings. The smallest absolute Gasteiger partial charge is 0.240 e. The maximum absolute atomic E-state index is 12.3. The van der Waals surface area contributed by atoms with Crippen molar-refractivity contribution >= 4 is 39.5 Å². The quantitative estimate of drug-likeness (QED) is 0.842. The van der Waals surface area contributed by atoms with Gasteiger partial charge in [-0.25, -0.2) is 0 Å². The molecule has 1 saturated heterocycles. The highest BCUT2D eigenvalue weighted by Crippen LogP contribution is 2.24. The maximum Gasteiger partial charge on any atom is 0.240 e. The Labute approximate surface area is 131 Å². The number of hydrogen-bond acceptors (Lipinski definition) is 3. The summed E-state index contributed by atoms with van der Waals surface area (Å²) in [6, 6.07) is 7.38. The maximum atomic E-state index is 12.3. The normalized spacial score (nSPS) is 18.9. The summed E-state index contributed by atoms with van der Waals surface area (Å²) in [6.45, 7) is 0.630. The third-order valence-corrected chi connectivity index (χ3v) is 4.78.